The molecule has 5 rings (SSSR count). The van der Waals surface area contributed by atoms with Gasteiger partial charge in [0.25, 0.3) is 5.91 Å². The molecule has 1 atom stereocenters. The van der Waals surface area contributed by atoms with E-state index < -0.39 is 39.0 Å². The number of hydrogen-bond acceptors (Lipinski definition) is 5. The Balaban J connectivity index is 1.59. The molecule has 1 amide bonds. The third kappa shape index (κ3) is 4.34. The Hall–Kier alpha value is -4.06. The second-order valence-electron chi connectivity index (χ2n) is 8.80. The van der Waals surface area contributed by atoms with E-state index in [1.54, 1.807) is 36.7 Å². The summed E-state index contributed by atoms with van der Waals surface area (Å²) < 4.78 is 65.5. The summed E-state index contributed by atoms with van der Waals surface area (Å²) in [6.07, 6.45) is -1.53. The van der Waals surface area contributed by atoms with Crippen LogP contribution in [0, 0.1) is 0 Å². The number of fused-ring (bicyclic) bond motifs is 1. The number of anilines is 1. The summed E-state index contributed by atoms with van der Waals surface area (Å²) in [6.45, 7) is -0.243. The van der Waals surface area contributed by atoms with Crippen molar-refractivity contribution in [3.8, 4) is 11.1 Å². The van der Waals surface area contributed by atoms with Crippen molar-refractivity contribution < 1.29 is 31.5 Å². The summed E-state index contributed by atoms with van der Waals surface area (Å²) >= 11 is 0. The largest absolute Gasteiger partial charge is 0.418 e. The van der Waals surface area contributed by atoms with E-state index in [-0.39, 0.29) is 22.6 Å². The maximum atomic E-state index is 14.1. The maximum absolute atomic E-state index is 14.1. The first-order chi connectivity index (χ1) is 17.9. The van der Waals surface area contributed by atoms with E-state index >= 15 is 0 Å². The van der Waals surface area contributed by atoms with E-state index in [9.17, 15) is 31.5 Å². The molecule has 0 spiro atoms. The van der Waals surface area contributed by atoms with Crippen molar-refractivity contribution in [1.29, 1.82) is 0 Å². The van der Waals surface area contributed by atoms with Crippen molar-refractivity contribution in [2.75, 3.05) is 4.90 Å². The molecule has 3 N–H and O–H groups in total. The summed E-state index contributed by atoms with van der Waals surface area (Å²) in [7, 11) is -4.07. The molecule has 1 unspecified atom stereocenters. The first-order valence-electron chi connectivity index (χ1n) is 11.3. The number of alkyl halides is 3. The van der Waals surface area contributed by atoms with Crippen LogP contribution in [0.4, 0.5) is 18.9 Å². The fourth-order valence-corrected chi connectivity index (χ4v) is 5.13. The molecule has 194 valence electrons. The number of aliphatic hydroxyl groups is 1. The lowest BCUT2D eigenvalue weighted by Gasteiger charge is -2.24. The van der Waals surface area contributed by atoms with Gasteiger partial charge >= 0.3 is 6.18 Å². The molecule has 0 bridgehead atoms. The number of hydrogen-bond donors (Lipinski definition) is 2. The summed E-state index contributed by atoms with van der Waals surface area (Å²) in [5, 5.41) is 16.8. The number of nitrogens with zero attached hydrogens (tertiary/aromatic N) is 2. The van der Waals surface area contributed by atoms with Gasteiger partial charge in [0.15, 0.2) is 5.60 Å². The molecule has 3 aromatic carbocycles. The molecule has 1 aliphatic rings. The van der Waals surface area contributed by atoms with Crippen molar-refractivity contribution in [3.63, 3.8) is 0 Å². The zero-order valence-corrected chi connectivity index (χ0v) is 20.4. The van der Waals surface area contributed by atoms with Crippen molar-refractivity contribution in [1.82, 2.24) is 4.98 Å². The molecule has 0 fully saturated rings. The lowest BCUT2D eigenvalue weighted by atomic mass is 9.87. The highest BCUT2D eigenvalue weighted by molar-refractivity contribution is 7.89. The number of amides is 1. The lowest BCUT2D eigenvalue weighted by Crippen LogP contribution is -2.41. The Labute approximate surface area is 216 Å². The number of carbonyl (C=O) groups excluding carboxylic acids is 1. The van der Waals surface area contributed by atoms with Gasteiger partial charge in [0.05, 0.1) is 22.7 Å². The van der Waals surface area contributed by atoms with Crippen LogP contribution in [-0.2, 0) is 33.1 Å². The van der Waals surface area contributed by atoms with Gasteiger partial charge in [0, 0.05) is 18.0 Å². The maximum Gasteiger partial charge on any atom is 0.418 e. The molecule has 0 saturated carbocycles. The van der Waals surface area contributed by atoms with Crippen molar-refractivity contribution in [3.05, 3.63) is 114 Å². The molecule has 0 aliphatic carbocycles. The Morgan fingerprint density at radius 2 is 1.50 bits per heavy atom. The number of rotatable bonds is 5. The third-order valence-corrected chi connectivity index (χ3v) is 7.39. The Morgan fingerprint density at radius 3 is 2.08 bits per heavy atom. The SMILES string of the molecule is NS(=O)(=O)c1ccc(C2(O)C(=O)N(Cc3ccc(-c4ccncc4)cc3)c3c(C(F)(F)F)cccc32)cc1. The molecule has 38 heavy (non-hydrogen) atoms. The minimum atomic E-state index is -4.81. The third-order valence-electron chi connectivity index (χ3n) is 6.46. The molecule has 2 heterocycles. The minimum absolute atomic E-state index is 0.0917. The monoisotopic (exact) mass is 539 g/mol. The van der Waals surface area contributed by atoms with Crippen LogP contribution in [0.5, 0.6) is 0 Å². The lowest BCUT2D eigenvalue weighted by molar-refractivity contribution is -0.137. The normalized spacial score (nSPS) is 17.5. The van der Waals surface area contributed by atoms with E-state index in [0.717, 1.165) is 52.4 Å². The van der Waals surface area contributed by atoms with E-state index in [2.05, 4.69) is 4.98 Å². The Bertz CT molecular complexity index is 1630. The van der Waals surface area contributed by atoms with Crippen molar-refractivity contribution >= 4 is 21.6 Å². The molecule has 1 aromatic heterocycles. The number of pyridine rings is 1. The minimum Gasteiger partial charge on any atom is -0.372 e. The molecule has 4 aromatic rings. The standard InChI is InChI=1S/C27H20F3N3O4S/c28-27(29,30)23-3-1-2-22-24(23)33(16-17-4-6-18(7-5-17)19-12-14-32-15-13-19)25(34)26(22,35)20-8-10-21(11-9-20)38(31,36)37/h1-15,35H,16H2,(H2,31,36,37). The van der Waals surface area contributed by atoms with Gasteiger partial charge in [-0.1, -0.05) is 48.5 Å². The quantitative estimate of drug-likeness (QED) is 0.395. The van der Waals surface area contributed by atoms with Crippen molar-refractivity contribution in [2.24, 2.45) is 5.14 Å². The molecule has 11 heteroatoms. The first kappa shape index (κ1) is 25.6. The van der Waals surface area contributed by atoms with E-state index in [0.29, 0.717) is 5.56 Å². The zero-order chi connectivity index (χ0) is 27.3. The highest BCUT2D eigenvalue weighted by Crippen LogP contribution is 2.50. The van der Waals surface area contributed by atoms with Crippen LogP contribution in [-0.4, -0.2) is 24.4 Å². The Morgan fingerprint density at radius 1 is 0.895 bits per heavy atom. The predicted molar refractivity (Wildman–Crippen MR) is 133 cm³/mol. The van der Waals surface area contributed by atoms with E-state index in [1.165, 1.54) is 6.07 Å². The summed E-state index contributed by atoms with van der Waals surface area (Å²) in [5.74, 6) is -0.995. The molecule has 0 radical (unpaired) electrons. The molecular weight excluding hydrogens is 519 g/mol. The number of aromatic nitrogens is 1. The number of nitrogens with two attached hydrogens (primary N) is 1. The predicted octanol–water partition coefficient (Wildman–Crippen LogP) is 4.20. The summed E-state index contributed by atoms with van der Waals surface area (Å²) in [5.41, 5.74) is -2.08. The van der Waals surface area contributed by atoms with Gasteiger partial charge < -0.3 is 10.0 Å². The van der Waals surface area contributed by atoms with Gasteiger partial charge in [0.2, 0.25) is 10.0 Å². The second kappa shape index (κ2) is 9.05. The summed E-state index contributed by atoms with van der Waals surface area (Å²) in [4.78, 5) is 18.3. The molecule has 1 aliphatic heterocycles. The van der Waals surface area contributed by atoms with Crippen LogP contribution in [0.25, 0.3) is 11.1 Å². The fourth-order valence-electron chi connectivity index (χ4n) is 4.61. The van der Waals surface area contributed by atoms with Gasteiger partial charge in [0.1, 0.15) is 0 Å². The van der Waals surface area contributed by atoms with Crippen LogP contribution in [0.2, 0.25) is 0 Å². The number of benzene rings is 3. The molecular formula is C27H20F3N3O4S. The number of halogens is 3. The average Bonchev–Trinajstić information content (AvgIpc) is 3.11. The number of primary sulfonamides is 1. The summed E-state index contributed by atoms with van der Waals surface area (Å²) in [6, 6.07) is 18.3. The highest BCUT2D eigenvalue weighted by atomic mass is 32.2. The second-order valence-corrected chi connectivity index (χ2v) is 10.4. The zero-order valence-electron chi connectivity index (χ0n) is 19.6. The van der Waals surface area contributed by atoms with E-state index in [4.69, 9.17) is 5.14 Å². The van der Waals surface area contributed by atoms with Crippen LogP contribution in [0.3, 0.4) is 0 Å². The number of para-hydroxylation sites is 1. The van der Waals surface area contributed by atoms with Gasteiger partial charge in [-0.15, -0.1) is 0 Å². The van der Waals surface area contributed by atoms with Crippen LogP contribution in [0.1, 0.15) is 22.3 Å². The van der Waals surface area contributed by atoms with Gasteiger partial charge in [-0.3, -0.25) is 9.78 Å². The smallest absolute Gasteiger partial charge is 0.372 e. The van der Waals surface area contributed by atoms with Crippen LogP contribution >= 0.6 is 0 Å². The number of sulfonamides is 1. The molecule has 0 saturated heterocycles. The Kier molecular flexibility index (Phi) is 6.09. The highest BCUT2D eigenvalue weighted by Gasteiger charge is 2.54. The van der Waals surface area contributed by atoms with Crippen LogP contribution < -0.4 is 10.0 Å². The van der Waals surface area contributed by atoms with Crippen molar-refractivity contribution in [2.45, 2.75) is 23.2 Å². The topological polar surface area (TPSA) is 114 Å². The van der Waals surface area contributed by atoms with E-state index in [1.807, 2.05) is 12.1 Å². The fraction of sp³-hybridized carbons (Fsp3) is 0.111. The van der Waals surface area contributed by atoms with Gasteiger partial charge in [-0.05, 0) is 52.6 Å². The van der Waals surface area contributed by atoms with Gasteiger partial charge in [-0.2, -0.15) is 13.2 Å². The molecule has 7 nitrogen and oxygen atoms in total. The van der Waals surface area contributed by atoms with Gasteiger partial charge in [-0.25, -0.2) is 13.6 Å². The number of carbonyl (C=O) groups is 1. The first-order valence-corrected chi connectivity index (χ1v) is 12.8. The van der Waals surface area contributed by atoms with Crippen LogP contribution in [0.15, 0.2) is 96.2 Å². The average molecular weight is 540 g/mol.